The molecule has 2 aromatic rings. The summed E-state index contributed by atoms with van der Waals surface area (Å²) in [6.45, 7) is 0.853. The van der Waals surface area contributed by atoms with Crippen LogP contribution in [0, 0.1) is 0 Å². The van der Waals surface area contributed by atoms with Gasteiger partial charge in [0, 0.05) is 16.7 Å². The summed E-state index contributed by atoms with van der Waals surface area (Å²) >= 11 is 3.48. The number of nitrogens with one attached hydrogen (secondary N) is 1. The molecule has 1 aromatic heterocycles. The number of hydrogen-bond acceptors (Lipinski definition) is 3. The molecule has 15 heavy (non-hydrogen) atoms. The van der Waals surface area contributed by atoms with Crippen LogP contribution in [-0.4, -0.2) is 11.5 Å². The van der Waals surface area contributed by atoms with Crippen molar-refractivity contribution in [3.05, 3.63) is 46.6 Å². The standard InChI is InChI=1S/C11H9BrN2O/c12-7-1-2-10-8(5-7)9(6-14-10)11-13-3-4-15-11/h1-5,9,14H,6H2/t9-/m1/s1. The maximum Gasteiger partial charge on any atom is 0.203 e. The van der Waals surface area contributed by atoms with Crippen LogP contribution in [0.1, 0.15) is 17.4 Å². The van der Waals surface area contributed by atoms with Gasteiger partial charge in [0.2, 0.25) is 5.89 Å². The van der Waals surface area contributed by atoms with Gasteiger partial charge >= 0.3 is 0 Å². The normalized spacial score (nSPS) is 18.6. The van der Waals surface area contributed by atoms with Crippen molar-refractivity contribution in [2.75, 3.05) is 11.9 Å². The number of rotatable bonds is 1. The minimum absolute atomic E-state index is 0.229. The quantitative estimate of drug-likeness (QED) is 0.861. The van der Waals surface area contributed by atoms with E-state index in [2.05, 4.69) is 38.4 Å². The second kappa shape index (κ2) is 3.38. The number of fused-ring (bicyclic) bond motifs is 1. The van der Waals surface area contributed by atoms with E-state index in [0.717, 1.165) is 16.9 Å². The number of nitrogens with zero attached hydrogens (tertiary/aromatic N) is 1. The molecule has 1 N–H and O–H groups in total. The number of oxazole rings is 1. The van der Waals surface area contributed by atoms with Crippen molar-refractivity contribution >= 4 is 21.6 Å². The van der Waals surface area contributed by atoms with Gasteiger partial charge in [0.1, 0.15) is 6.26 Å². The van der Waals surface area contributed by atoms with Crippen LogP contribution in [0.2, 0.25) is 0 Å². The lowest BCUT2D eigenvalue weighted by atomic mass is 10.0. The molecule has 0 saturated heterocycles. The second-order valence-electron chi connectivity index (χ2n) is 3.54. The highest BCUT2D eigenvalue weighted by Gasteiger charge is 2.26. The van der Waals surface area contributed by atoms with E-state index in [-0.39, 0.29) is 5.92 Å². The molecule has 76 valence electrons. The predicted octanol–water partition coefficient (Wildman–Crippen LogP) is 2.99. The Kier molecular flexibility index (Phi) is 2.02. The molecule has 1 aliphatic heterocycles. The Morgan fingerprint density at radius 2 is 2.40 bits per heavy atom. The van der Waals surface area contributed by atoms with Gasteiger partial charge in [-0.3, -0.25) is 0 Å². The second-order valence-corrected chi connectivity index (χ2v) is 4.45. The van der Waals surface area contributed by atoms with Crippen LogP contribution in [-0.2, 0) is 0 Å². The van der Waals surface area contributed by atoms with Crippen LogP contribution in [0.3, 0.4) is 0 Å². The van der Waals surface area contributed by atoms with Gasteiger partial charge in [0.15, 0.2) is 0 Å². The highest BCUT2D eigenvalue weighted by atomic mass is 79.9. The van der Waals surface area contributed by atoms with Crippen molar-refractivity contribution < 1.29 is 4.42 Å². The van der Waals surface area contributed by atoms with Crippen molar-refractivity contribution in [1.29, 1.82) is 0 Å². The number of benzene rings is 1. The molecule has 1 aromatic carbocycles. The van der Waals surface area contributed by atoms with Gasteiger partial charge in [-0.25, -0.2) is 4.98 Å². The van der Waals surface area contributed by atoms with Crippen molar-refractivity contribution in [1.82, 2.24) is 4.98 Å². The third-order valence-electron chi connectivity index (χ3n) is 2.64. The Bertz CT molecular complexity index is 481. The number of aromatic nitrogens is 1. The van der Waals surface area contributed by atoms with E-state index in [4.69, 9.17) is 4.42 Å². The maximum absolute atomic E-state index is 5.35. The monoisotopic (exact) mass is 264 g/mol. The molecule has 0 aliphatic carbocycles. The zero-order valence-electron chi connectivity index (χ0n) is 7.90. The fourth-order valence-electron chi connectivity index (χ4n) is 1.93. The first-order valence-corrected chi connectivity index (χ1v) is 5.56. The highest BCUT2D eigenvalue weighted by molar-refractivity contribution is 9.10. The first-order chi connectivity index (χ1) is 7.34. The fraction of sp³-hybridized carbons (Fsp3) is 0.182. The average molecular weight is 265 g/mol. The van der Waals surface area contributed by atoms with E-state index in [1.165, 1.54) is 11.3 Å². The van der Waals surface area contributed by atoms with Gasteiger partial charge in [0.05, 0.1) is 12.1 Å². The SMILES string of the molecule is Brc1ccc2c(c1)[C@H](c1ncco1)CN2. The molecule has 0 amide bonds. The maximum atomic E-state index is 5.35. The van der Waals surface area contributed by atoms with Gasteiger partial charge in [-0.1, -0.05) is 15.9 Å². The molecule has 3 rings (SSSR count). The summed E-state index contributed by atoms with van der Waals surface area (Å²) in [5.74, 6) is 1.01. The van der Waals surface area contributed by atoms with Gasteiger partial charge in [-0.2, -0.15) is 0 Å². The van der Waals surface area contributed by atoms with Crippen molar-refractivity contribution in [2.45, 2.75) is 5.92 Å². The lowest BCUT2D eigenvalue weighted by molar-refractivity contribution is 0.480. The molecular weight excluding hydrogens is 256 g/mol. The molecular formula is C11H9BrN2O. The van der Waals surface area contributed by atoms with E-state index in [1.807, 2.05) is 6.07 Å². The molecule has 0 saturated carbocycles. The predicted molar refractivity (Wildman–Crippen MR) is 61.0 cm³/mol. The molecule has 0 spiro atoms. The minimum atomic E-state index is 0.229. The third kappa shape index (κ3) is 1.45. The molecule has 0 fully saturated rings. The Hall–Kier alpha value is -1.29. The van der Waals surface area contributed by atoms with Gasteiger partial charge in [-0.05, 0) is 23.8 Å². The minimum Gasteiger partial charge on any atom is -0.448 e. The summed E-state index contributed by atoms with van der Waals surface area (Å²) in [6, 6.07) is 6.22. The smallest absolute Gasteiger partial charge is 0.203 e. The van der Waals surface area contributed by atoms with Crippen LogP contribution in [0.15, 0.2) is 39.5 Å². The number of halogens is 1. The van der Waals surface area contributed by atoms with Crippen LogP contribution < -0.4 is 5.32 Å². The summed E-state index contributed by atoms with van der Waals surface area (Å²) in [5, 5.41) is 3.34. The Morgan fingerprint density at radius 1 is 1.47 bits per heavy atom. The highest BCUT2D eigenvalue weighted by Crippen LogP contribution is 2.36. The van der Waals surface area contributed by atoms with E-state index in [1.54, 1.807) is 12.5 Å². The zero-order valence-corrected chi connectivity index (χ0v) is 9.49. The number of hydrogen-bond donors (Lipinski definition) is 1. The van der Waals surface area contributed by atoms with Crippen LogP contribution in [0.4, 0.5) is 5.69 Å². The Morgan fingerprint density at radius 3 is 3.20 bits per heavy atom. The van der Waals surface area contributed by atoms with E-state index in [0.29, 0.717) is 0 Å². The molecule has 3 nitrogen and oxygen atoms in total. The largest absolute Gasteiger partial charge is 0.448 e. The summed E-state index contributed by atoms with van der Waals surface area (Å²) in [5.41, 5.74) is 2.41. The lowest BCUT2D eigenvalue weighted by Crippen LogP contribution is -2.03. The molecule has 1 aliphatic rings. The van der Waals surface area contributed by atoms with Crippen molar-refractivity contribution in [2.24, 2.45) is 0 Å². The number of anilines is 1. The average Bonchev–Trinajstić information content (AvgIpc) is 2.83. The zero-order chi connectivity index (χ0) is 10.3. The van der Waals surface area contributed by atoms with Gasteiger partial charge < -0.3 is 9.73 Å². The fourth-order valence-corrected chi connectivity index (χ4v) is 2.31. The van der Waals surface area contributed by atoms with Crippen LogP contribution >= 0.6 is 15.9 Å². The lowest BCUT2D eigenvalue weighted by Gasteiger charge is -2.05. The molecule has 0 bridgehead atoms. The summed E-state index contributed by atoms with van der Waals surface area (Å²) < 4.78 is 6.43. The first kappa shape index (κ1) is 8.97. The Labute approximate surface area is 95.6 Å². The van der Waals surface area contributed by atoms with Crippen molar-refractivity contribution in [3.8, 4) is 0 Å². The first-order valence-electron chi connectivity index (χ1n) is 4.77. The molecule has 1 atom stereocenters. The summed E-state index contributed by atoms with van der Waals surface area (Å²) in [7, 11) is 0. The van der Waals surface area contributed by atoms with Crippen LogP contribution in [0.25, 0.3) is 0 Å². The molecule has 2 heterocycles. The van der Waals surface area contributed by atoms with Crippen molar-refractivity contribution in [3.63, 3.8) is 0 Å². The molecule has 0 unspecified atom stereocenters. The Balaban J connectivity index is 2.08. The summed E-state index contributed by atoms with van der Waals surface area (Å²) in [4.78, 5) is 4.20. The van der Waals surface area contributed by atoms with Crippen LogP contribution in [0.5, 0.6) is 0 Å². The van der Waals surface area contributed by atoms with Gasteiger partial charge in [0.25, 0.3) is 0 Å². The van der Waals surface area contributed by atoms with E-state index in [9.17, 15) is 0 Å². The van der Waals surface area contributed by atoms with Gasteiger partial charge in [-0.15, -0.1) is 0 Å². The van der Waals surface area contributed by atoms with E-state index >= 15 is 0 Å². The topological polar surface area (TPSA) is 38.1 Å². The third-order valence-corrected chi connectivity index (χ3v) is 3.13. The molecule has 0 radical (unpaired) electrons. The summed E-state index contributed by atoms with van der Waals surface area (Å²) in [6.07, 6.45) is 3.30. The molecule has 4 heteroatoms. The van der Waals surface area contributed by atoms with E-state index < -0.39 is 0 Å².